The number of aromatic nitrogens is 3. The summed E-state index contributed by atoms with van der Waals surface area (Å²) in [6.07, 6.45) is -3.44. The first-order chi connectivity index (χ1) is 17.2. The van der Waals surface area contributed by atoms with Crippen LogP contribution < -0.4 is 15.5 Å². The van der Waals surface area contributed by atoms with Gasteiger partial charge < -0.3 is 10.1 Å². The average molecular weight is 517 g/mol. The molecule has 0 bridgehead atoms. The molecule has 0 fully saturated rings. The van der Waals surface area contributed by atoms with Crippen LogP contribution in [0.4, 0.5) is 35.1 Å². The number of hydrogen-bond donors (Lipinski definition) is 2. The second-order valence-corrected chi connectivity index (χ2v) is 7.79. The van der Waals surface area contributed by atoms with Crippen LogP contribution >= 0.6 is 11.6 Å². The number of anilines is 3. The molecule has 4 rings (SSSR count). The second-order valence-electron chi connectivity index (χ2n) is 7.38. The van der Waals surface area contributed by atoms with E-state index in [9.17, 15) is 17.6 Å². The highest BCUT2D eigenvalue weighted by atomic mass is 35.5. The van der Waals surface area contributed by atoms with Gasteiger partial charge in [-0.15, -0.1) is 13.2 Å². The summed E-state index contributed by atoms with van der Waals surface area (Å²) in [5.74, 6) is -0.931. The third-order valence-corrected chi connectivity index (χ3v) is 4.94. The van der Waals surface area contributed by atoms with Gasteiger partial charge in [0.05, 0.1) is 16.8 Å². The predicted octanol–water partition coefficient (Wildman–Crippen LogP) is 6.73. The monoisotopic (exact) mass is 516 g/mol. The van der Waals surface area contributed by atoms with Gasteiger partial charge in [-0.05, 0) is 61.0 Å². The van der Waals surface area contributed by atoms with E-state index in [4.69, 9.17) is 11.6 Å². The Balaban J connectivity index is 1.60. The number of nitrogens with one attached hydrogen (secondary N) is 2. The van der Waals surface area contributed by atoms with Crippen LogP contribution in [-0.4, -0.2) is 27.5 Å². The Kier molecular flexibility index (Phi) is 7.30. The molecule has 0 atom stereocenters. The highest BCUT2D eigenvalue weighted by molar-refractivity contribution is 6.33. The number of hydrogen-bond acceptors (Lipinski definition) is 7. The first-order valence-corrected chi connectivity index (χ1v) is 10.7. The minimum atomic E-state index is -4.78. The topological polar surface area (TPSA) is 84.3 Å². The molecule has 4 aromatic rings. The van der Waals surface area contributed by atoms with Crippen LogP contribution in [0.5, 0.6) is 5.75 Å². The lowest BCUT2D eigenvalue weighted by Crippen LogP contribution is -2.17. The van der Waals surface area contributed by atoms with Crippen molar-refractivity contribution in [3.05, 3.63) is 88.7 Å². The smallest absolute Gasteiger partial charge is 0.406 e. The zero-order valence-corrected chi connectivity index (χ0v) is 19.3. The molecule has 0 saturated carbocycles. The lowest BCUT2D eigenvalue weighted by atomic mass is 10.2. The highest BCUT2D eigenvalue weighted by Gasteiger charge is 2.30. The van der Waals surface area contributed by atoms with Crippen LogP contribution in [-0.2, 0) is 0 Å². The first kappa shape index (κ1) is 24.9. The standard InChI is InChI=1S/C24H17ClF4N6O/c1-14-5-9-16(10-6-14)31-22-32-21(20-18(25)3-2-4-19(20)26)33-23(34-22)35-30-13-15-7-11-17(12-8-15)36-24(27,28)29/h2-13H,1H3,(H2,31,32,33,34,35). The van der Waals surface area contributed by atoms with Gasteiger partial charge in [-0.1, -0.05) is 35.4 Å². The summed E-state index contributed by atoms with van der Waals surface area (Å²) in [6.45, 7) is 1.95. The molecule has 1 heterocycles. The third kappa shape index (κ3) is 6.66. The fraction of sp³-hybridized carbons (Fsp3) is 0.0833. The maximum absolute atomic E-state index is 14.5. The zero-order chi connectivity index (χ0) is 25.7. The molecule has 0 unspecified atom stereocenters. The van der Waals surface area contributed by atoms with Crippen LogP contribution in [0.1, 0.15) is 11.1 Å². The van der Waals surface area contributed by atoms with E-state index in [-0.39, 0.29) is 34.1 Å². The van der Waals surface area contributed by atoms with Crippen molar-refractivity contribution >= 4 is 35.4 Å². The molecule has 0 amide bonds. The number of alkyl halides is 3. The summed E-state index contributed by atoms with van der Waals surface area (Å²) in [6, 6.07) is 16.7. The molecule has 0 aliphatic rings. The van der Waals surface area contributed by atoms with Crippen molar-refractivity contribution in [3.8, 4) is 17.1 Å². The van der Waals surface area contributed by atoms with Gasteiger partial charge in [0.15, 0.2) is 5.82 Å². The van der Waals surface area contributed by atoms with E-state index in [2.05, 4.69) is 35.5 Å². The van der Waals surface area contributed by atoms with Crippen molar-refractivity contribution in [1.29, 1.82) is 0 Å². The van der Waals surface area contributed by atoms with Crippen molar-refractivity contribution in [1.82, 2.24) is 15.0 Å². The highest BCUT2D eigenvalue weighted by Crippen LogP contribution is 2.29. The zero-order valence-electron chi connectivity index (χ0n) is 18.5. The van der Waals surface area contributed by atoms with E-state index in [1.165, 1.54) is 36.5 Å². The summed E-state index contributed by atoms with van der Waals surface area (Å²) in [5, 5.41) is 7.15. The average Bonchev–Trinajstić information content (AvgIpc) is 2.81. The fourth-order valence-electron chi connectivity index (χ4n) is 2.99. The largest absolute Gasteiger partial charge is 0.573 e. The van der Waals surface area contributed by atoms with Gasteiger partial charge in [-0.2, -0.15) is 20.1 Å². The van der Waals surface area contributed by atoms with Gasteiger partial charge in [0.2, 0.25) is 11.9 Å². The van der Waals surface area contributed by atoms with Gasteiger partial charge in [0.25, 0.3) is 0 Å². The van der Waals surface area contributed by atoms with Crippen molar-refractivity contribution in [3.63, 3.8) is 0 Å². The minimum Gasteiger partial charge on any atom is -0.406 e. The lowest BCUT2D eigenvalue weighted by Gasteiger charge is -2.10. The summed E-state index contributed by atoms with van der Waals surface area (Å²) in [7, 11) is 0. The number of ether oxygens (including phenoxy) is 1. The molecule has 3 aromatic carbocycles. The molecule has 0 saturated heterocycles. The van der Waals surface area contributed by atoms with Gasteiger partial charge >= 0.3 is 6.36 Å². The van der Waals surface area contributed by atoms with E-state index >= 15 is 0 Å². The summed E-state index contributed by atoms with van der Waals surface area (Å²) in [4.78, 5) is 12.8. The van der Waals surface area contributed by atoms with Crippen molar-refractivity contribution in [2.45, 2.75) is 13.3 Å². The Bertz CT molecular complexity index is 1360. The maximum atomic E-state index is 14.5. The molecule has 0 spiro atoms. The normalized spacial score (nSPS) is 11.5. The number of aryl methyl sites for hydroxylation is 1. The number of benzene rings is 3. The molecular formula is C24H17ClF4N6O. The molecular weight excluding hydrogens is 500 g/mol. The molecule has 7 nitrogen and oxygen atoms in total. The van der Waals surface area contributed by atoms with Gasteiger partial charge in [0.1, 0.15) is 11.6 Å². The molecule has 0 radical (unpaired) electrons. The molecule has 0 aliphatic carbocycles. The number of rotatable bonds is 7. The molecule has 184 valence electrons. The van der Waals surface area contributed by atoms with E-state index in [0.717, 1.165) is 17.7 Å². The summed E-state index contributed by atoms with van der Waals surface area (Å²) < 4.78 is 55.3. The second kappa shape index (κ2) is 10.6. The minimum absolute atomic E-state index is 0.0131. The predicted molar refractivity (Wildman–Crippen MR) is 129 cm³/mol. The summed E-state index contributed by atoms with van der Waals surface area (Å²) >= 11 is 6.19. The molecule has 36 heavy (non-hydrogen) atoms. The van der Waals surface area contributed by atoms with E-state index < -0.39 is 12.2 Å². The van der Waals surface area contributed by atoms with Crippen LogP contribution in [0.15, 0.2) is 71.8 Å². The summed E-state index contributed by atoms with van der Waals surface area (Å²) in [5.41, 5.74) is 4.83. The van der Waals surface area contributed by atoms with E-state index in [1.54, 1.807) is 0 Å². The number of hydrazone groups is 1. The Hall–Kier alpha value is -4.25. The Morgan fingerprint density at radius 3 is 2.28 bits per heavy atom. The maximum Gasteiger partial charge on any atom is 0.573 e. The van der Waals surface area contributed by atoms with Crippen molar-refractivity contribution < 1.29 is 22.3 Å². The Labute approximate surface area is 207 Å². The quantitative estimate of drug-likeness (QED) is 0.161. The van der Waals surface area contributed by atoms with Crippen LogP contribution in [0.2, 0.25) is 5.02 Å². The van der Waals surface area contributed by atoms with E-state index in [1.807, 2.05) is 31.2 Å². The SMILES string of the molecule is Cc1ccc(Nc2nc(NN=Cc3ccc(OC(F)(F)F)cc3)nc(-c3c(F)cccc3Cl)n2)cc1. The first-order valence-electron chi connectivity index (χ1n) is 10.4. The van der Waals surface area contributed by atoms with Gasteiger partial charge in [0, 0.05) is 5.69 Å². The molecule has 12 heteroatoms. The van der Waals surface area contributed by atoms with Crippen LogP contribution in [0, 0.1) is 12.7 Å². The van der Waals surface area contributed by atoms with Gasteiger partial charge in [-0.3, -0.25) is 0 Å². The fourth-order valence-corrected chi connectivity index (χ4v) is 3.24. The van der Waals surface area contributed by atoms with Gasteiger partial charge in [-0.25, -0.2) is 9.82 Å². The van der Waals surface area contributed by atoms with Crippen molar-refractivity contribution in [2.24, 2.45) is 5.10 Å². The van der Waals surface area contributed by atoms with Crippen molar-refractivity contribution in [2.75, 3.05) is 10.7 Å². The molecule has 0 aliphatic heterocycles. The number of halogens is 5. The third-order valence-electron chi connectivity index (χ3n) is 4.62. The van der Waals surface area contributed by atoms with Crippen LogP contribution in [0.3, 0.4) is 0 Å². The molecule has 1 aromatic heterocycles. The number of nitrogens with zero attached hydrogens (tertiary/aromatic N) is 4. The lowest BCUT2D eigenvalue weighted by molar-refractivity contribution is -0.274. The molecule has 2 N–H and O–H groups in total. The van der Waals surface area contributed by atoms with Crippen LogP contribution in [0.25, 0.3) is 11.4 Å². The Morgan fingerprint density at radius 1 is 0.917 bits per heavy atom. The van der Waals surface area contributed by atoms with E-state index in [0.29, 0.717) is 11.3 Å². The Morgan fingerprint density at radius 2 is 1.61 bits per heavy atom.